The maximum absolute atomic E-state index is 12.5. The molecule has 0 aliphatic heterocycles. The van der Waals surface area contributed by atoms with Crippen molar-refractivity contribution in [2.24, 2.45) is 0 Å². The van der Waals surface area contributed by atoms with Crippen LogP contribution in [-0.2, 0) is 0 Å². The van der Waals surface area contributed by atoms with Gasteiger partial charge in [-0.15, -0.1) is 11.3 Å². The number of nitrogens with zero attached hydrogens (tertiary/aromatic N) is 1. The minimum absolute atomic E-state index is 0.261. The largest absolute Gasteiger partial charge is 0.495 e. The van der Waals surface area contributed by atoms with Crippen LogP contribution in [0.1, 0.15) is 17.3 Å². The summed E-state index contributed by atoms with van der Waals surface area (Å²) in [5.41, 5.74) is 2.05. The summed E-state index contributed by atoms with van der Waals surface area (Å²) in [6, 6.07) is 12.6. The second-order valence-electron chi connectivity index (χ2n) is 5.27. The molecule has 0 spiro atoms. The van der Waals surface area contributed by atoms with Crippen molar-refractivity contribution in [1.82, 2.24) is 4.98 Å². The molecule has 0 fully saturated rings. The summed E-state index contributed by atoms with van der Waals surface area (Å²) in [5.74, 6) is 0.889. The summed E-state index contributed by atoms with van der Waals surface area (Å²) >= 11 is 7.51. The van der Waals surface area contributed by atoms with E-state index < -0.39 is 0 Å². The smallest absolute Gasteiger partial charge is 0.261 e. The number of rotatable bonds is 6. The molecule has 26 heavy (non-hydrogen) atoms. The maximum atomic E-state index is 12.5. The number of para-hydroxylation sites is 1. The highest BCUT2D eigenvalue weighted by Gasteiger charge is 2.14. The lowest BCUT2D eigenvalue weighted by Crippen LogP contribution is -2.13. The van der Waals surface area contributed by atoms with Gasteiger partial charge in [0.15, 0.2) is 5.13 Å². The lowest BCUT2D eigenvalue weighted by atomic mass is 10.2. The molecule has 5 nitrogen and oxygen atoms in total. The number of halogens is 1. The van der Waals surface area contributed by atoms with E-state index in [9.17, 15) is 4.79 Å². The number of benzene rings is 2. The Balaban J connectivity index is 1.78. The summed E-state index contributed by atoms with van der Waals surface area (Å²) < 4.78 is 10.7. The standard InChI is InChI=1S/C19H17ClN2O3S/c1-3-25-16-7-5-4-6-13(16)18(23)22-19-21-15(11-26-19)12-8-9-17(24-2)14(20)10-12/h4-11H,3H2,1-2H3,(H,21,22,23). The van der Waals surface area contributed by atoms with E-state index in [-0.39, 0.29) is 5.91 Å². The van der Waals surface area contributed by atoms with Crippen LogP contribution in [0, 0.1) is 0 Å². The monoisotopic (exact) mass is 388 g/mol. The number of amides is 1. The Labute approximate surface area is 160 Å². The summed E-state index contributed by atoms with van der Waals surface area (Å²) in [7, 11) is 1.57. The van der Waals surface area contributed by atoms with E-state index in [1.54, 1.807) is 37.4 Å². The van der Waals surface area contributed by atoms with Crippen LogP contribution in [-0.4, -0.2) is 24.6 Å². The number of carbonyl (C=O) groups excluding carboxylic acids is 1. The van der Waals surface area contributed by atoms with Gasteiger partial charge in [0.05, 0.1) is 30.0 Å². The van der Waals surface area contributed by atoms with Gasteiger partial charge in [-0.1, -0.05) is 23.7 Å². The van der Waals surface area contributed by atoms with E-state index in [0.717, 1.165) is 11.3 Å². The number of hydrogen-bond acceptors (Lipinski definition) is 5. The molecule has 134 valence electrons. The van der Waals surface area contributed by atoms with Crippen molar-refractivity contribution in [3.63, 3.8) is 0 Å². The van der Waals surface area contributed by atoms with Gasteiger partial charge in [0, 0.05) is 10.9 Å². The molecule has 1 aromatic heterocycles. The number of anilines is 1. The molecular formula is C19H17ClN2O3S. The molecular weight excluding hydrogens is 372 g/mol. The first-order valence-corrected chi connectivity index (χ1v) is 9.20. The van der Waals surface area contributed by atoms with Crippen molar-refractivity contribution >= 4 is 34.0 Å². The molecule has 7 heteroatoms. The molecule has 1 N–H and O–H groups in total. The number of carbonyl (C=O) groups is 1. The molecule has 1 heterocycles. The van der Waals surface area contributed by atoms with E-state index in [2.05, 4.69) is 10.3 Å². The lowest BCUT2D eigenvalue weighted by molar-refractivity contribution is 0.102. The summed E-state index contributed by atoms with van der Waals surface area (Å²) in [6.07, 6.45) is 0. The molecule has 0 saturated heterocycles. The van der Waals surface area contributed by atoms with Gasteiger partial charge in [0.25, 0.3) is 5.91 Å². The number of thiazole rings is 1. The van der Waals surface area contributed by atoms with Crippen LogP contribution in [0.2, 0.25) is 5.02 Å². The summed E-state index contributed by atoms with van der Waals surface area (Å²) in [5, 5.41) is 5.69. The highest BCUT2D eigenvalue weighted by Crippen LogP contribution is 2.32. The van der Waals surface area contributed by atoms with Crippen LogP contribution in [0.4, 0.5) is 5.13 Å². The number of hydrogen-bond donors (Lipinski definition) is 1. The van der Waals surface area contributed by atoms with Gasteiger partial charge in [0.1, 0.15) is 11.5 Å². The van der Waals surface area contributed by atoms with Gasteiger partial charge >= 0.3 is 0 Å². The molecule has 0 radical (unpaired) electrons. The summed E-state index contributed by atoms with van der Waals surface area (Å²) in [4.78, 5) is 17.0. The normalized spacial score (nSPS) is 10.4. The molecule has 0 bridgehead atoms. The average Bonchev–Trinajstić information content (AvgIpc) is 3.11. The van der Waals surface area contributed by atoms with Gasteiger partial charge < -0.3 is 9.47 Å². The molecule has 0 aliphatic carbocycles. The Kier molecular flexibility index (Phi) is 5.75. The van der Waals surface area contributed by atoms with Crippen molar-refractivity contribution in [1.29, 1.82) is 0 Å². The zero-order valence-electron chi connectivity index (χ0n) is 14.3. The zero-order chi connectivity index (χ0) is 18.5. The Morgan fingerprint density at radius 2 is 2.04 bits per heavy atom. The molecule has 0 atom stereocenters. The first-order valence-electron chi connectivity index (χ1n) is 7.95. The fraction of sp³-hybridized carbons (Fsp3) is 0.158. The van der Waals surface area contributed by atoms with Gasteiger partial charge in [-0.05, 0) is 37.3 Å². The number of nitrogens with one attached hydrogen (secondary N) is 1. The fourth-order valence-electron chi connectivity index (χ4n) is 2.39. The van der Waals surface area contributed by atoms with Gasteiger partial charge in [-0.2, -0.15) is 0 Å². The van der Waals surface area contributed by atoms with E-state index in [0.29, 0.717) is 33.8 Å². The second-order valence-corrected chi connectivity index (χ2v) is 6.54. The fourth-order valence-corrected chi connectivity index (χ4v) is 3.36. The Hall–Kier alpha value is -2.57. The van der Waals surface area contributed by atoms with Crippen LogP contribution in [0.15, 0.2) is 47.8 Å². The molecule has 3 rings (SSSR count). The lowest BCUT2D eigenvalue weighted by Gasteiger charge is -2.09. The SMILES string of the molecule is CCOc1ccccc1C(=O)Nc1nc(-c2ccc(OC)c(Cl)c2)cs1. The first-order chi connectivity index (χ1) is 12.6. The Bertz CT molecular complexity index is 927. The molecule has 0 unspecified atom stereocenters. The minimum atomic E-state index is -0.261. The van der Waals surface area contributed by atoms with Crippen molar-refractivity contribution in [2.45, 2.75) is 6.92 Å². The molecule has 0 aliphatic rings. The third kappa shape index (κ3) is 3.98. The summed E-state index contributed by atoms with van der Waals surface area (Å²) in [6.45, 7) is 2.37. The van der Waals surface area contributed by atoms with Gasteiger partial charge in [0.2, 0.25) is 0 Å². The second kappa shape index (κ2) is 8.21. The molecule has 2 aromatic carbocycles. The Morgan fingerprint density at radius 3 is 2.77 bits per heavy atom. The van der Waals surface area contributed by atoms with Crippen molar-refractivity contribution in [3.8, 4) is 22.8 Å². The Morgan fingerprint density at radius 1 is 1.23 bits per heavy atom. The molecule has 0 saturated carbocycles. The topological polar surface area (TPSA) is 60.5 Å². The van der Waals surface area contributed by atoms with E-state index in [4.69, 9.17) is 21.1 Å². The third-order valence-electron chi connectivity index (χ3n) is 3.60. The predicted molar refractivity (Wildman–Crippen MR) is 105 cm³/mol. The first kappa shape index (κ1) is 18.2. The van der Waals surface area contributed by atoms with Crippen LogP contribution in [0.5, 0.6) is 11.5 Å². The van der Waals surface area contributed by atoms with E-state index in [1.807, 2.05) is 24.4 Å². The van der Waals surface area contributed by atoms with E-state index in [1.165, 1.54) is 11.3 Å². The molecule has 1 amide bonds. The number of aromatic nitrogens is 1. The minimum Gasteiger partial charge on any atom is -0.495 e. The van der Waals surface area contributed by atoms with E-state index >= 15 is 0 Å². The van der Waals surface area contributed by atoms with Crippen LogP contribution >= 0.6 is 22.9 Å². The highest BCUT2D eigenvalue weighted by atomic mass is 35.5. The molecule has 3 aromatic rings. The van der Waals surface area contributed by atoms with Crippen LogP contribution in [0.3, 0.4) is 0 Å². The zero-order valence-corrected chi connectivity index (χ0v) is 15.9. The van der Waals surface area contributed by atoms with Crippen molar-refractivity contribution < 1.29 is 14.3 Å². The quantitative estimate of drug-likeness (QED) is 0.636. The van der Waals surface area contributed by atoms with Crippen molar-refractivity contribution in [3.05, 3.63) is 58.4 Å². The maximum Gasteiger partial charge on any atom is 0.261 e. The van der Waals surface area contributed by atoms with Crippen molar-refractivity contribution in [2.75, 3.05) is 19.0 Å². The van der Waals surface area contributed by atoms with Gasteiger partial charge in [-0.25, -0.2) is 4.98 Å². The van der Waals surface area contributed by atoms with Gasteiger partial charge in [-0.3, -0.25) is 10.1 Å². The number of methoxy groups -OCH3 is 1. The van der Waals surface area contributed by atoms with Crippen LogP contribution < -0.4 is 14.8 Å². The number of ether oxygens (including phenoxy) is 2. The average molecular weight is 389 g/mol. The van der Waals surface area contributed by atoms with Crippen LogP contribution in [0.25, 0.3) is 11.3 Å². The predicted octanol–water partition coefficient (Wildman–Crippen LogP) is 5.12. The third-order valence-corrected chi connectivity index (χ3v) is 4.66. The highest BCUT2D eigenvalue weighted by molar-refractivity contribution is 7.14.